The smallest absolute Gasteiger partial charge is 0.450 e. The average molecular weight is 357 g/mol. The second-order valence-electron chi connectivity index (χ2n) is 4.98. The molecule has 132 valence electrons. The van der Waals surface area contributed by atoms with Crippen LogP contribution in [0, 0.1) is 0 Å². The molecule has 0 bridgehead atoms. The monoisotopic (exact) mass is 357 g/mol. The number of hydrogen-bond acceptors (Lipinski definition) is 3. The highest BCUT2D eigenvalue weighted by Crippen LogP contribution is 2.39. The fraction of sp³-hybridized carbons (Fsp3) is 0.385. The van der Waals surface area contributed by atoms with E-state index >= 15 is 0 Å². The number of nitrogens with zero attached hydrogens (tertiary/aromatic N) is 1. The zero-order chi connectivity index (χ0) is 18.3. The van der Waals surface area contributed by atoms with Crippen LogP contribution in [-0.4, -0.2) is 29.8 Å². The number of benzene rings is 1. The Morgan fingerprint density at radius 2 is 1.58 bits per heavy atom. The van der Waals surface area contributed by atoms with Gasteiger partial charge in [0.2, 0.25) is 5.91 Å². The van der Waals surface area contributed by atoms with Crippen LogP contribution in [0.3, 0.4) is 0 Å². The average Bonchev–Trinajstić information content (AvgIpc) is 2.76. The van der Waals surface area contributed by atoms with Crippen LogP contribution in [0.15, 0.2) is 18.2 Å². The molecule has 1 atom stereocenters. The Bertz CT molecular complexity index is 637. The summed E-state index contributed by atoms with van der Waals surface area (Å²) in [6.45, 7) is -0.469. The number of alkyl halides is 6. The van der Waals surface area contributed by atoms with Gasteiger partial charge >= 0.3 is 18.5 Å². The number of rotatable bonds is 2. The zero-order valence-corrected chi connectivity index (χ0v) is 11.6. The van der Waals surface area contributed by atoms with E-state index in [1.165, 1.54) is 0 Å². The molecule has 1 unspecified atom stereocenters. The summed E-state index contributed by atoms with van der Waals surface area (Å²) in [5.74, 6) is -0.839. The van der Waals surface area contributed by atoms with Crippen LogP contribution in [0.1, 0.15) is 17.5 Å². The lowest BCUT2D eigenvalue weighted by Crippen LogP contribution is -2.27. The number of anilines is 1. The van der Waals surface area contributed by atoms with Gasteiger partial charge in [-0.15, -0.1) is 0 Å². The summed E-state index contributed by atoms with van der Waals surface area (Å²) in [5.41, 5.74) is -3.76. The highest BCUT2D eigenvalue weighted by molar-refractivity contribution is 5.96. The molecule has 2 rings (SSSR count). The molecule has 11 heteroatoms. The van der Waals surface area contributed by atoms with Gasteiger partial charge in [0.15, 0.2) is 0 Å². The van der Waals surface area contributed by atoms with Crippen LogP contribution >= 0.6 is 0 Å². The van der Waals surface area contributed by atoms with Gasteiger partial charge in [0.1, 0.15) is 6.10 Å². The van der Waals surface area contributed by atoms with Crippen molar-refractivity contribution in [3.63, 3.8) is 0 Å². The molecule has 1 aromatic rings. The molecule has 1 N–H and O–H groups in total. The molecule has 1 aromatic carbocycles. The predicted octanol–water partition coefficient (Wildman–Crippen LogP) is 3.52. The normalized spacial score (nSPS) is 18.8. The van der Waals surface area contributed by atoms with E-state index in [0.29, 0.717) is 17.0 Å². The molecule has 1 heterocycles. The van der Waals surface area contributed by atoms with Crippen LogP contribution in [0.4, 0.5) is 36.8 Å². The van der Waals surface area contributed by atoms with Crippen LogP contribution in [-0.2, 0) is 21.9 Å². The Morgan fingerprint density at radius 3 is 2.00 bits per heavy atom. The van der Waals surface area contributed by atoms with Gasteiger partial charge in [0.25, 0.3) is 0 Å². The first kappa shape index (κ1) is 17.9. The van der Waals surface area contributed by atoms with Crippen LogP contribution in [0.25, 0.3) is 0 Å². The van der Waals surface area contributed by atoms with Crippen molar-refractivity contribution in [1.82, 2.24) is 0 Å². The van der Waals surface area contributed by atoms with Gasteiger partial charge in [0, 0.05) is 5.69 Å². The third-order valence-electron chi connectivity index (χ3n) is 3.24. The summed E-state index contributed by atoms with van der Waals surface area (Å²) >= 11 is 0. The van der Waals surface area contributed by atoms with E-state index < -0.39 is 60.3 Å². The van der Waals surface area contributed by atoms with E-state index in [1.807, 2.05) is 0 Å². The molecule has 0 aromatic heterocycles. The minimum atomic E-state index is -5.05. The first-order valence-corrected chi connectivity index (χ1v) is 6.37. The van der Waals surface area contributed by atoms with Crippen molar-refractivity contribution in [3.05, 3.63) is 29.3 Å². The molecule has 1 aliphatic heterocycles. The molecule has 0 saturated carbocycles. The predicted molar refractivity (Wildman–Crippen MR) is 66.3 cm³/mol. The number of carbonyl (C=O) groups excluding carboxylic acids is 1. The lowest BCUT2D eigenvalue weighted by atomic mass is 10.1. The van der Waals surface area contributed by atoms with Crippen molar-refractivity contribution >= 4 is 17.7 Å². The number of halogens is 6. The Labute approximate surface area is 130 Å². The van der Waals surface area contributed by atoms with Crippen molar-refractivity contribution in [2.24, 2.45) is 0 Å². The zero-order valence-electron chi connectivity index (χ0n) is 11.6. The van der Waals surface area contributed by atoms with Gasteiger partial charge in [-0.25, -0.2) is 4.79 Å². The van der Waals surface area contributed by atoms with Crippen molar-refractivity contribution in [3.8, 4) is 0 Å². The Kier molecular flexibility index (Phi) is 4.38. The van der Waals surface area contributed by atoms with Crippen LogP contribution < -0.4 is 4.90 Å². The van der Waals surface area contributed by atoms with Gasteiger partial charge in [-0.3, -0.25) is 4.79 Å². The summed E-state index contributed by atoms with van der Waals surface area (Å²) in [6.07, 6.45) is -13.4. The molecule has 1 aliphatic rings. The maximum Gasteiger partial charge on any atom is 0.506 e. The van der Waals surface area contributed by atoms with E-state index in [-0.39, 0.29) is 6.07 Å². The van der Waals surface area contributed by atoms with Gasteiger partial charge in [-0.05, 0) is 18.2 Å². The molecule has 24 heavy (non-hydrogen) atoms. The maximum absolute atomic E-state index is 12.8. The summed E-state index contributed by atoms with van der Waals surface area (Å²) in [5, 5.41) is 8.47. The fourth-order valence-electron chi connectivity index (χ4n) is 2.24. The largest absolute Gasteiger partial charge is 0.506 e. The van der Waals surface area contributed by atoms with Gasteiger partial charge < -0.3 is 14.7 Å². The molecule has 1 amide bonds. The number of hydrogen-bond donors (Lipinski definition) is 1. The topological polar surface area (TPSA) is 66.8 Å². The van der Waals surface area contributed by atoms with Gasteiger partial charge in [-0.1, -0.05) is 0 Å². The fourth-order valence-corrected chi connectivity index (χ4v) is 2.24. The van der Waals surface area contributed by atoms with Crippen LogP contribution in [0.2, 0.25) is 0 Å². The second kappa shape index (κ2) is 5.87. The van der Waals surface area contributed by atoms with E-state index in [2.05, 4.69) is 4.74 Å². The van der Waals surface area contributed by atoms with Crippen molar-refractivity contribution < 1.29 is 45.8 Å². The summed E-state index contributed by atoms with van der Waals surface area (Å²) in [6, 6.07) is 0.738. The molecule has 5 nitrogen and oxygen atoms in total. The van der Waals surface area contributed by atoms with Crippen molar-refractivity contribution in [2.75, 3.05) is 11.4 Å². The van der Waals surface area contributed by atoms with Crippen molar-refractivity contribution in [1.29, 1.82) is 0 Å². The minimum Gasteiger partial charge on any atom is -0.450 e. The third kappa shape index (κ3) is 3.89. The molecular weight excluding hydrogens is 348 g/mol. The third-order valence-corrected chi connectivity index (χ3v) is 3.24. The minimum absolute atomic E-state index is 0.0602. The molecule has 0 radical (unpaired) electrons. The van der Waals surface area contributed by atoms with Crippen LogP contribution in [0.5, 0.6) is 0 Å². The second-order valence-corrected chi connectivity index (χ2v) is 4.98. The number of carbonyl (C=O) groups is 2. The van der Waals surface area contributed by atoms with E-state index in [4.69, 9.17) is 5.11 Å². The number of ether oxygens (including phenoxy) is 1. The summed E-state index contributed by atoms with van der Waals surface area (Å²) in [4.78, 5) is 22.8. The Morgan fingerprint density at radius 1 is 1.08 bits per heavy atom. The SMILES string of the molecule is O=C(O)OC1CC(=O)N(c2cc(C(F)(F)F)cc(C(F)(F)F)c2)C1. The first-order valence-electron chi connectivity index (χ1n) is 6.37. The van der Waals surface area contributed by atoms with Crippen molar-refractivity contribution in [2.45, 2.75) is 24.9 Å². The Balaban J connectivity index is 2.42. The standard InChI is InChI=1S/C13H9F6NO4/c14-12(15,16)6-1-7(13(17,18)19)3-8(2-6)20-5-9(4-10(20)21)24-11(22)23/h1-3,9H,4-5H2,(H,22,23). The highest BCUT2D eigenvalue weighted by atomic mass is 19.4. The lowest BCUT2D eigenvalue weighted by molar-refractivity contribution is -0.143. The molecule has 1 fully saturated rings. The lowest BCUT2D eigenvalue weighted by Gasteiger charge is -2.20. The van der Waals surface area contributed by atoms with E-state index in [0.717, 1.165) is 0 Å². The molecule has 0 spiro atoms. The van der Waals surface area contributed by atoms with Gasteiger partial charge in [-0.2, -0.15) is 26.3 Å². The van der Waals surface area contributed by atoms with Gasteiger partial charge in [0.05, 0.1) is 24.1 Å². The molecule has 1 saturated heterocycles. The maximum atomic E-state index is 12.8. The van der Waals surface area contributed by atoms with E-state index in [9.17, 15) is 35.9 Å². The number of amides is 1. The number of carboxylic acid groups (broad SMARTS) is 1. The van der Waals surface area contributed by atoms with E-state index in [1.54, 1.807) is 0 Å². The molecule has 0 aliphatic carbocycles. The quantitative estimate of drug-likeness (QED) is 0.650. The summed E-state index contributed by atoms with van der Waals surface area (Å²) in [7, 11) is 0. The summed E-state index contributed by atoms with van der Waals surface area (Å²) < 4.78 is 81.1. The molecular formula is C13H9F6NO4. The highest BCUT2D eigenvalue weighted by Gasteiger charge is 2.39. The Hall–Kier alpha value is -2.46. The first-order chi connectivity index (χ1) is 10.9.